The van der Waals surface area contributed by atoms with E-state index in [1.165, 1.54) is 44.9 Å². The Bertz CT molecular complexity index is 228. The van der Waals surface area contributed by atoms with Crippen LogP contribution in [0.2, 0.25) is 0 Å². The minimum atomic E-state index is 0.670. The first kappa shape index (κ1) is 7.17. The van der Waals surface area contributed by atoms with Gasteiger partial charge in [0, 0.05) is 0 Å². The number of hydrogen-bond donors (Lipinski definition) is 0. The van der Waals surface area contributed by atoms with Crippen LogP contribution in [0.3, 0.4) is 0 Å². The van der Waals surface area contributed by atoms with Crippen LogP contribution in [0.4, 0.5) is 0 Å². The Labute approximate surface area is 75.0 Å². The first-order chi connectivity index (χ1) is 5.83. The van der Waals surface area contributed by atoms with Gasteiger partial charge in [0.15, 0.2) is 0 Å². The van der Waals surface area contributed by atoms with E-state index in [2.05, 4.69) is 6.58 Å². The Morgan fingerprint density at radius 1 is 1.17 bits per heavy atom. The molecule has 0 aliphatic heterocycles. The Morgan fingerprint density at radius 3 is 2.83 bits per heavy atom. The highest BCUT2D eigenvalue weighted by Crippen LogP contribution is 2.65. The zero-order valence-electron chi connectivity index (χ0n) is 7.81. The number of allylic oxidation sites excluding steroid dienone is 1. The van der Waals surface area contributed by atoms with Crippen molar-refractivity contribution in [2.24, 2.45) is 17.3 Å². The minimum absolute atomic E-state index is 0.670. The summed E-state index contributed by atoms with van der Waals surface area (Å²) in [5.41, 5.74) is 2.33. The van der Waals surface area contributed by atoms with Gasteiger partial charge in [-0.25, -0.2) is 0 Å². The van der Waals surface area contributed by atoms with Crippen LogP contribution in [0.15, 0.2) is 12.2 Å². The SMILES string of the molecule is C=C1[C@@H]2CC[C@]13CCCC[C@H]3C2. The van der Waals surface area contributed by atoms with Crippen molar-refractivity contribution in [2.75, 3.05) is 0 Å². The predicted octanol–water partition coefficient (Wildman–Crippen LogP) is 3.53. The lowest BCUT2D eigenvalue weighted by Crippen LogP contribution is -2.29. The molecule has 0 aromatic heterocycles. The molecule has 0 aromatic carbocycles. The molecule has 66 valence electrons. The van der Waals surface area contributed by atoms with Gasteiger partial charge in [0.05, 0.1) is 0 Å². The molecule has 1 spiro atoms. The van der Waals surface area contributed by atoms with Crippen molar-refractivity contribution in [3.8, 4) is 0 Å². The fraction of sp³-hybridized carbons (Fsp3) is 0.833. The molecule has 12 heavy (non-hydrogen) atoms. The summed E-state index contributed by atoms with van der Waals surface area (Å²) in [6.07, 6.45) is 10.4. The quantitative estimate of drug-likeness (QED) is 0.478. The van der Waals surface area contributed by atoms with E-state index in [-0.39, 0.29) is 0 Å². The van der Waals surface area contributed by atoms with E-state index in [0.29, 0.717) is 5.41 Å². The van der Waals surface area contributed by atoms with E-state index in [0.717, 1.165) is 11.8 Å². The van der Waals surface area contributed by atoms with E-state index < -0.39 is 0 Å². The Kier molecular flexibility index (Phi) is 1.29. The van der Waals surface area contributed by atoms with E-state index in [1.54, 1.807) is 5.57 Å². The van der Waals surface area contributed by atoms with Crippen LogP contribution in [-0.4, -0.2) is 0 Å². The summed E-state index contributed by atoms with van der Waals surface area (Å²) in [6.45, 7) is 4.35. The molecule has 0 N–H and O–H groups in total. The summed E-state index contributed by atoms with van der Waals surface area (Å²) in [5.74, 6) is 1.99. The molecule has 0 aromatic rings. The van der Waals surface area contributed by atoms with Gasteiger partial charge in [0.1, 0.15) is 0 Å². The average Bonchev–Trinajstić information content (AvgIpc) is 2.56. The smallest absolute Gasteiger partial charge is 0.00593 e. The van der Waals surface area contributed by atoms with Crippen LogP contribution in [0.5, 0.6) is 0 Å². The third-order valence-electron chi connectivity index (χ3n) is 4.85. The third-order valence-corrected chi connectivity index (χ3v) is 4.85. The molecule has 3 rings (SSSR count). The molecule has 3 saturated carbocycles. The van der Waals surface area contributed by atoms with Crippen LogP contribution in [0, 0.1) is 17.3 Å². The maximum Gasteiger partial charge on any atom is -0.00593 e. The van der Waals surface area contributed by atoms with E-state index in [9.17, 15) is 0 Å². The van der Waals surface area contributed by atoms with Crippen molar-refractivity contribution in [1.82, 2.24) is 0 Å². The van der Waals surface area contributed by atoms with Gasteiger partial charge in [-0.1, -0.05) is 25.0 Å². The summed E-state index contributed by atoms with van der Waals surface area (Å²) >= 11 is 0. The molecule has 0 saturated heterocycles. The Morgan fingerprint density at radius 2 is 2.08 bits per heavy atom. The molecule has 3 atom stereocenters. The zero-order chi connectivity index (χ0) is 8.18. The molecule has 0 nitrogen and oxygen atoms in total. The lowest BCUT2D eigenvalue weighted by atomic mass is 9.65. The highest BCUT2D eigenvalue weighted by molar-refractivity contribution is 5.27. The molecule has 0 heterocycles. The molecule has 3 aliphatic rings. The summed E-state index contributed by atoms with van der Waals surface area (Å²) in [4.78, 5) is 0. The van der Waals surface area contributed by atoms with Crippen molar-refractivity contribution in [1.29, 1.82) is 0 Å². The molecule has 0 radical (unpaired) electrons. The van der Waals surface area contributed by atoms with Crippen LogP contribution in [-0.2, 0) is 0 Å². The minimum Gasteiger partial charge on any atom is -0.0990 e. The van der Waals surface area contributed by atoms with Crippen LogP contribution >= 0.6 is 0 Å². The maximum atomic E-state index is 4.35. The second kappa shape index (κ2) is 2.16. The van der Waals surface area contributed by atoms with E-state index >= 15 is 0 Å². The van der Waals surface area contributed by atoms with Gasteiger partial charge in [-0.2, -0.15) is 0 Å². The van der Waals surface area contributed by atoms with Crippen LogP contribution < -0.4 is 0 Å². The fourth-order valence-electron chi connectivity index (χ4n) is 4.18. The molecular formula is C12H18. The molecule has 0 amide bonds. The Hall–Kier alpha value is -0.260. The number of rotatable bonds is 0. The summed E-state index contributed by atoms with van der Waals surface area (Å²) in [6, 6.07) is 0. The lowest BCUT2D eigenvalue weighted by Gasteiger charge is -2.39. The van der Waals surface area contributed by atoms with Crippen molar-refractivity contribution >= 4 is 0 Å². The van der Waals surface area contributed by atoms with Gasteiger partial charge in [-0.15, -0.1) is 0 Å². The molecule has 3 aliphatic carbocycles. The second-order valence-corrected chi connectivity index (χ2v) is 5.10. The number of fused-ring (bicyclic) bond motifs is 1. The highest BCUT2D eigenvalue weighted by Gasteiger charge is 2.54. The topological polar surface area (TPSA) is 0 Å². The highest BCUT2D eigenvalue weighted by atomic mass is 14.6. The predicted molar refractivity (Wildman–Crippen MR) is 50.9 cm³/mol. The van der Waals surface area contributed by atoms with Crippen molar-refractivity contribution < 1.29 is 0 Å². The van der Waals surface area contributed by atoms with Gasteiger partial charge < -0.3 is 0 Å². The van der Waals surface area contributed by atoms with E-state index in [4.69, 9.17) is 0 Å². The normalized spacial score (nSPS) is 51.2. The number of hydrogen-bond acceptors (Lipinski definition) is 0. The molecule has 3 fully saturated rings. The summed E-state index contributed by atoms with van der Waals surface area (Å²) in [5, 5.41) is 0. The zero-order valence-corrected chi connectivity index (χ0v) is 7.81. The van der Waals surface area contributed by atoms with Gasteiger partial charge in [0.2, 0.25) is 0 Å². The van der Waals surface area contributed by atoms with Crippen LogP contribution in [0.1, 0.15) is 44.9 Å². The molecular weight excluding hydrogens is 144 g/mol. The van der Waals surface area contributed by atoms with Gasteiger partial charge in [0.25, 0.3) is 0 Å². The average molecular weight is 162 g/mol. The molecule has 0 unspecified atom stereocenters. The van der Waals surface area contributed by atoms with Crippen molar-refractivity contribution in [3.63, 3.8) is 0 Å². The van der Waals surface area contributed by atoms with Gasteiger partial charge >= 0.3 is 0 Å². The fourth-order valence-corrected chi connectivity index (χ4v) is 4.18. The first-order valence-corrected chi connectivity index (χ1v) is 5.52. The van der Waals surface area contributed by atoms with Gasteiger partial charge in [-0.05, 0) is 49.4 Å². The van der Waals surface area contributed by atoms with E-state index in [1.807, 2.05) is 0 Å². The Balaban J connectivity index is 2.01. The molecule has 0 heteroatoms. The summed E-state index contributed by atoms with van der Waals surface area (Å²) in [7, 11) is 0. The summed E-state index contributed by atoms with van der Waals surface area (Å²) < 4.78 is 0. The molecule has 2 bridgehead atoms. The lowest BCUT2D eigenvalue weighted by molar-refractivity contribution is 0.139. The third kappa shape index (κ3) is 0.654. The standard InChI is InChI=1S/C12H18/c1-9-10-5-7-12(9)6-3-2-4-11(12)8-10/h10-11H,1-8H2/t10-,11+,12-/m1/s1. The largest absolute Gasteiger partial charge is 0.0990 e. The maximum absolute atomic E-state index is 4.35. The van der Waals surface area contributed by atoms with Crippen molar-refractivity contribution in [2.45, 2.75) is 44.9 Å². The first-order valence-electron chi connectivity index (χ1n) is 5.52. The van der Waals surface area contributed by atoms with Crippen molar-refractivity contribution in [3.05, 3.63) is 12.2 Å². The van der Waals surface area contributed by atoms with Gasteiger partial charge in [-0.3, -0.25) is 0 Å². The van der Waals surface area contributed by atoms with Crippen LogP contribution in [0.25, 0.3) is 0 Å². The monoisotopic (exact) mass is 162 g/mol. The second-order valence-electron chi connectivity index (χ2n) is 5.10.